The SMILES string of the molecule is COc1ccc(CC(=O)N2CCSC(c3ccco3)CC2)cc1OC. The van der Waals surface area contributed by atoms with E-state index in [4.69, 9.17) is 13.9 Å². The zero-order valence-electron chi connectivity index (χ0n) is 14.6. The van der Waals surface area contributed by atoms with Crippen molar-refractivity contribution in [3.63, 3.8) is 0 Å². The van der Waals surface area contributed by atoms with Crippen LogP contribution in [0, 0.1) is 0 Å². The lowest BCUT2D eigenvalue weighted by molar-refractivity contribution is -0.130. The number of benzene rings is 1. The van der Waals surface area contributed by atoms with Crippen LogP contribution in [0.5, 0.6) is 11.5 Å². The van der Waals surface area contributed by atoms with Crippen molar-refractivity contribution in [2.75, 3.05) is 33.1 Å². The molecule has 0 bridgehead atoms. The summed E-state index contributed by atoms with van der Waals surface area (Å²) in [6, 6.07) is 9.55. The lowest BCUT2D eigenvalue weighted by Gasteiger charge is -2.20. The van der Waals surface area contributed by atoms with Crippen molar-refractivity contribution in [1.29, 1.82) is 0 Å². The molecule has 1 aromatic carbocycles. The second-order valence-corrected chi connectivity index (χ2v) is 7.22. The lowest BCUT2D eigenvalue weighted by atomic mass is 10.1. The monoisotopic (exact) mass is 361 g/mol. The Bertz CT molecular complexity index is 701. The van der Waals surface area contributed by atoms with Crippen LogP contribution in [-0.4, -0.2) is 43.9 Å². The molecule has 1 aliphatic heterocycles. The first-order valence-electron chi connectivity index (χ1n) is 8.35. The second kappa shape index (κ2) is 8.34. The highest BCUT2D eigenvalue weighted by Gasteiger charge is 2.23. The molecule has 1 unspecified atom stereocenters. The Morgan fingerprint density at radius 2 is 2.08 bits per heavy atom. The summed E-state index contributed by atoms with van der Waals surface area (Å²) in [7, 11) is 3.21. The first-order valence-corrected chi connectivity index (χ1v) is 9.40. The summed E-state index contributed by atoms with van der Waals surface area (Å²) >= 11 is 1.86. The number of nitrogens with zero attached hydrogens (tertiary/aromatic N) is 1. The van der Waals surface area contributed by atoms with Crippen LogP contribution in [0.1, 0.15) is 23.0 Å². The highest BCUT2D eigenvalue weighted by Crippen LogP contribution is 2.34. The Kier molecular flexibility index (Phi) is 5.91. The molecule has 0 radical (unpaired) electrons. The molecule has 134 valence electrons. The van der Waals surface area contributed by atoms with E-state index in [1.165, 1.54) is 0 Å². The topological polar surface area (TPSA) is 51.9 Å². The maximum absolute atomic E-state index is 12.7. The largest absolute Gasteiger partial charge is 0.493 e. The van der Waals surface area contributed by atoms with Crippen LogP contribution in [0.25, 0.3) is 0 Å². The molecule has 2 aromatic rings. The first-order chi connectivity index (χ1) is 12.2. The van der Waals surface area contributed by atoms with Gasteiger partial charge in [-0.3, -0.25) is 4.79 Å². The number of carbonyl (C=O) groups excluding carboxylic acids is 1. The van der Waals surface area contributed by atoms with Crippen LogP contribution < -0.4 is 9.47 Å². The number of thioether (sulfide) groups is 1. The average molecular weight is 361 g/mol. The molecule has 1 aromatic heterocycles. The Balaban J connectivity index is 1.61. The predicted molar refractivity (Wildman–Crippen MR) is 98.4 cm³/mol. The van der Waals surface area contributed by atoms with E-state index >= 15 is 0 Å². The van der Waals surface area contributed by atoms with Gasteiger partial charge in [-0.05, 0) is 36.2 Å². The molecule has 25 heavy (non-hydrogen) atoms. The van der Waals surface area contributed by atoms with Crippen LogP contribution in [0.4, 0.5) is 0 Å². The van der Waals surface area contributed by atoms with Gasteiger partial charge in [-0.1, -0.05) is 6.07 Å². The quantitative estimate of drug-likeness (QED) is 0.815. The van der Waals surface area contributed by atoms with Crippen molar-refractivity contribution in [1.82, 2.24) is 4.90 Å². The van der Waals surface area contributed by atoms with Gasteiger partial charge in [0, 0.05) is 18.8 Å². The third-order valence-corrected chi connectivity index (χ3v) is 5.65. The van der Waals surface area contributed by atoms with Crippen molar-refractivity contribution in [2.45, 2.75) is 18.1 Å². The summed E-state index contributed by atoms with van der Waals surface area (Å²) in [6.45, 7) is 1.53. The fourth-order valence-corrected chi connectivity index (χ4v) is 4.18. The number of ether oxygens (including phenoxy) is 2. The van der Waals surface area contributed by atoms with Gasteiger partial charge in [0.25, 0.3) is 0 Å². The van der Waals surface area contributed by atoms with Gasteiger partial charge in [0.2, 0.25) is 5.91 Å². The summed E-state index contributed by atoms with van der Waals surface area (Å²) in [5, 5.41) is 0.328. The maximum Gasteiger partial charge on any atom is 0.227 e. The van der Waals surface area contributed by atoms with Gasteiger partial charge >= 0.3 is 0 Å². The van der Waals surface area contributed by atoms with E-state index < -0.39 is 0 Å². The molecule has 1 saturated heterocycles. The molecule has 3 rings (SSSR count). The summed E-state index contributed by atoms with van der Waals surface area (Å²) in [6.07, 6.45) is 2.99. The minimum Gasteiger partial charge on any atom is -0.493 e. The molecule has 0 aliphatic carbocycles. The summed E-state index contributed by atoms with van der Waals surface area (Å²) in [5.41, 5.74) is 0.933. The van der Waals surface area contributed by atoms with E-state index in [1.807, 2.05) is 47.0 Å². The zero-order chi connectivity index (χ0) is 17.6. The normalized spacial score (nSPS) is 17.8. The third-order valence-electron chi connectivity index (χ3n) is 4.36. The number of rotatable bonds is 5. The van der Waals surface area contributed by atoms with Crippen molar-refractivity contribution < 1.29 is 18.7 Å². The van der Waals surface area contributed by atoms with Crippen molar-refractivity contribution in [3.8, 4) is 11.5 Å². The predicted octanol–water partition coefficient (Wildman–Crippen LogP) is 3.55. The van der Waals surface area contributed by atoms with Gasteiger partial charge in [0.05, 0.1) is 32.2 Å². The van der Waals surface area contributed by atoms with Crippen LogP contribution in [0.3, 0.4) is 0 Å². The van der Waals surface area contributed by atoms with Gasteiger partial charge in [-0.2, -0.15) is 0 Å². The van der Waals surface area contributed by atoms with E-state index in [-0.39, 0.29) is 5.91 Å². The molecule has 5 nitrogen and oxygen atoms in total. The molecule has 0 spiro atoms. The Morgan fingerprint density at radius 3 is 2.80 bits per heavy atom. The first kappa shape index (κ1) is 17.7. The smallest absolute Gasteiger partial charge is 0.227 e. The van der Waals surface area contributed by atoms with Crippen LogP contribution in [-0.2, 0) is 11.2 Å². The number of furan rings is 1. The summed E-state index contributed by atoms with van der Waals surface area (Å²) < 4.78 is 16.1. The summed E-state index contributed by atoms with van der Waals surface area (Å²) in [4.78, 5) is 14.6. The highest BCUT2D eigenvalue weighted by atomic mass is 32.2. The standard InChI is InChI=1S/C19H23NO4S/c1-22-15-6-5-14(12-17(15)23-2)13-19(21)20-8-7-18(25-11-9-20)16-4-3-10-24-16/h3-6,10,12,18H,7-9,11,13H2,1-2H3. The van der Waals surface area contributed by atoms with Crippen molar-refractivity contribution >= 4 is 17.7 Å². The Hall–Kier alpha value is -2.08. The zero-order valence-corrected chi connectivity index (χ0v) is 15.4. The van der Waals surface area contributed by atoms with Gasteiger partial charge in [0.1, 0.15) is 5.76 Å². The van der Waals surface area contributed by atoms with Crippen molar-refractivity contribution in [2.24, 2.45) is 0 Å². The Morgan fingerprint density at radius 1 is 1.24 bits per heavy atom. The molecule has 1 amide bonds. The molecule has 0 N–H and O–H groups in total. The molecule has 0 saturated carbocycles. The molecule has 1 aliphatic rings. The number of methoxy groups -OCH3 is 2. The molecular formula is C19H23NO4S. The lowest BCUT2D eigenvalue weighted by Crippen LogP contribution is -2.34. The molecule has 2 heterocycles. The Labute approximate surface area is 152 Å². The van der Waals surface area contributed by atoms with Crippen LogP contribution in [0.15, 0.2) is 41.0 Å². The number of hydrogen-bond acceptors (Lipinski definition) is 5. The number of hydrogen-bond donors (Lipinski definition) is 0. The maximum atomic E-state index is 12.7. The third kappa shape index (κ3) is 4.31. The molecule has 6 heteroatoms. The average Bonchev–Trinajstić information content (AvgIpc) is 3.06. The van der Waals surface area contributed by atoms with E-state index in [2.05, 4.69) is 0 Å². The van der Waals surface area contributed by atoms with E-state index in [1.54, 1.807) is 20.5 Å². The molecule has 1 fully saturated rings. The number of amides is 1. The molecular weight excluding hydrogens is 338 g/mol. The second-order valence-electron chi connectivity index (χ2n) is 5.91. The van der Waals surface area contributed by atoms with E-state index in [9.17, 15) is 4.79 Å². The fourth-order valence-electron chi connectivity index (χ4n) is 3.00. The van der Waals surface area contributed by atoms with Gasteiger partial charge in [-0.15, -0.1) is 11.8 Å². The minimum absolute atomic E-state index is 0.146. The fraction of sp³-hybridized carbons (Fsp3) is 0.421. The minimum atomic E-state index is 0.146. The summed E-state index contributed by atoms with van der Waals surface area (Å²) in [5.74, 6) is 3.39. The van der Waals surface area contributed by atoms with E-state index in [0.717, 1.165) is 36.6 Å². The van der Waals surface area contributed by atoms with Gasteiger partial charge in [0.15, 0.2) is 11.5 Å². The van der Waals surface area contributed by atoms with E-state index in [0.29, 0.717) is 23.2 Å². The van der Waals surface area contributed by atoms with Gasteiger partial charge in [-0.25, -0.2) is 0 Å². The van der Waals surface area contributed by atoms with Crippen molar-refractivity contribution in [3.05, 3.63) is 47.9 Å². The number of carbonyl (C=O) groups is 1. The molecule has 1 atom stereocenters. The van der Waals surface area contributed by atoms with Gasteiger partial charge < -0.3 is 18.8 Å². The van der Waals surface area contributed by atoms with Crippen LogP contribution in [0.2, 0.25) is 0 Å². The highest BCUT2D eigenvalue weighted by molar-refractivity contribution is 7.99. The van der Waals surface area contributed by atoms with Crippen LogP contribution >= 0.6 is 11.8 Å².